The summed E-state index contributed by atoms with van der Waals surface area (Å²) in [5.74, 6) is 2.38. The Hall–Kier alpha value is -2.00. The molecule has 1 aliphatic rings. The molecular weight excluding hydrogens is 274 g/mol. The van der Waals surface area contributed by atoms with E-state index in [1.54, 1.807) is 14.2 Å². The third kappa shape index (κ3) is 3.09. The normalized spacial score (nSPS) is 20.0. The van der Waals surface area contributed by atoms with Gasteiger partial charge in [0.1, 0.15) is 11.5 Å². The molecule has 1 fully saturated rings. The van der Waals surface area contributed by atoms with Crippen LogP contribution in [0.15, 0.2) is 48.5 Å². The van der Waals surface area contributed by atoms with Gasteiger partial charge in [0, 0.05) is 30.1 Å². The summed E-state index contributed by atoms with van der Waals surface area (Å²) in [7, 11) is 5.58. The van der Waals surface area contributed by atoms with E-state index in [0.29, 0.717) is 12.0 Å². The highest BCUT2D eigenvalue weighted by Crippen LogP contribution is 2.44. The molecule has 0 N–H and O–H groups in total. The zero-order valence-corrected chi connectivity index (χ0v) is 13.5. The van der Waals surface area contributed by atoms with Crippen LogP contribution < -0.4 is 9.47 Å². The summed E-state index contributed by atoms with van der Waals surface area (Å²) >= 11 is 0. The fraction of sp³-hybridized carbons (Fsp3) is 0.368. The highest BCUT2D eigenvalue weighted by Gasteiger charge is 2.41. The molecule has 0 radical (unpaired) electrons. The Kier molecular flexibility index (Phi) is 4.34. The molecule has 2 aromatic rings. The van der Waals surface area contributed by atoms with Gasteiger partial charge in [-0.3, -0.25) is 4.90 Å². The largest absolute Gasteiger partial charge is 0.497 e. The number of ether oxygens (including phenoxy) is 2. The molecule has 116 valence electrons. The van der Waals surface area contributed by atoms with Crippen LogP contribution in [0.1, 0.15) is 23.5 Å². The first-order valence-corrected chi connectivity index (χ1v) is 7.69. The minimum Gasteiger partial charge on any atom is -0.497 e. The summed E-state index contributed by atoms with van der Waals surface area (Å²) in [6.07, 6.45) is 1.24. The van der Waals surface area contributed by atoms with Crippen LogP contribution in [0.3, 0.4) is 0 Å². The number of hydrogen-bond acceptors (Lipinski definition) is 3. The molecule has 1 aliphatic carbocycles. The van der Waals surface area contributed by atoms with Crippen LogP contribution in [-0.4, -0.2) is 32.2 Å². The van der Waals surface area contributed by atoms with Gasteiger partial charge in [-0.25, -0.2) is 0 Å². The lowest BCUT2D eigenvalue weighted by Crippen LogP contribution is -2.21. The van der Waals surface area contributed by atoms with E-state index in [9.17, 15) is 0 Å². The van der Waals surface area contributed by atoms with Gasteiger partial charge in [0.2, 0.25) is 0 Å². The summed E-state index contributed by atoms with van der Waals surface area (Å²) in [5, 5.41) is 0. The lowest BCUT2D eigenvalue weighted by molar-refractivity contribution is 0.302. The Labute approximate surface area is 132 Å². The van der Waals surface area contributed by atoms with Gasteiger partial charge in [0.25, 0.3) is 0 Å². The van der Waals surface area contributed by atoms with Gasteiger partial charge in [-0.05, 0) is 25.1 Å². The maximum Gasteiger partial charge on any atom is 0.127 e. The molecular formula is C19H23NO2. The predicted octanol–water partition coefficient (Wildman–Crippen LogP) is 3.69. The SMILES string of the molecule is COc1ccc(CN(C)[C@@H]2C[C@H]2c2ccccc2)c(OC)c1. The quantitative estimate of drug-likeness (QED) is 0.811. The number of benzene rings is 2. The first kappa shape index (κ1) is 14.9. The number of nitrogens with zero attached hydrogens (tertiary/aromatic N) is 1. The van der Waals surface area contributed by atoms with Crippen molar-refractivity contribution in [1.29, 1.82) is 0 Å². The van der Waals surface area contributed by atoms with Crippen LogP contribution in [-0.2, 0) is 6.54 Å². The minimum atomic E-state index is 0.620. The van der Waals surface area contributed by atoms with Gasteiger partial charge in [-0.15, -0.1) is 0 Å². The van der Waals surface area contributed by atoms with E-state index in [1.165, 1.54) is 17.5 Å². The molecule has 0 amide bonds. The van der Waals surface area contributed by atoms with Gasteiger partial charge in [0.05, 0.1) is 14.2 Å². The Morgan fingerprint density at radius 1 is 1.05 bits per heavy atom. The summed E-state index contributed by atoms with van der Waals surface area (Å²) in [6, 6.07) is 17.4. The molecule has 0 heterocycles. The third-order valence-corrected chi connectivity index (χ3v) is 4.46. The van der Waals surface area contributed by atoms with Crippen molar-refractivity contribution < 1.29 is 9.47 Å². The Morgan fingerprint density at radius 3 is 2.50 bits per heavy atom. The van der Waals surface area contributed by atoms with Crippen LogP contribution in [0.25, 0.3) is 0 Å². The number of likely N-dealkylation sites (N-methyl/N-ethyl adjacent to an activating group) is 1. The Bertz CT molecular complexity index is 627. The molecule has 0 aliphatic heterocycles. The molecule has 1 saturated carbocycles. The van der Waals surface area contributed by atoms with Crippen molar-refractivity contribution >= 4 is 0 Å². The van der Waals surface area contributed by atoms with Crippen molar-refractivity contribution in [2.75, 3.05) is 21.3 Å². The second kappa shape index (κ2) is 6.41. The van der Waals surface area contributed by atoms with Gasteiger partial charge in [0.15, 0.2) is 0 Å². The molecule has 0 aromatic heterocycles. The zero-order chi connectivity index (χ0) is 15.5. The van der Waals surface area contributed by atoms with Gasteiger partial charge in [-0.1, -0.05) is 36.4 Å². The third-order valence-electron chi connectivity index (χ3n) is 4.46. The number of rotatable bonds is 6. The molecule has 3 rings (SSSR count). The van der Waals surface area contributed by atoms with Crippen molar-refractivity contribution in [3.8, 4) is 11.5 Å². The van der Waals surface area contributed by atoms with Crippen molar-refractivity contribution in [3.63, 3.8) is 0 Å². The molecule has 0 bridgehead atoms. The Morgan fingerprint density at radius 2 is 1.82 bits per heavy atom. The average Bonchev–Trinajstić information content (AvgIpc) is 3.37. The first-order chi connectivity index (χ1) is 10.7. The van der Waals surface area contributed by atoms with Crippen molar-refractivity contribution in [2.45, 2.75) is 24.9 Å². The standard InChI is InChI=1S/C19H23NO2/c1-20(18-12-17(18)14-7-5-4-6-8-14)13-15-9-10-16(21-2)11-19(15)22-3/h4-11,17-18H,12-13H2,1-3H3/t17-,18+/m0/s1. The number of methoxy groups -OCH3 is 2. The minimum absolute atomic E-state index is 0.620. The second-order valence-corrected chi connectivity index (χ2v) is 5.91. The molecule has 3 nitrogen and oxygen atoms in total. The van der Waals surface area contributed by atoms with E-state index in [2.05, 4.69) is 48.3 Å². The first-order valence-electron chi connectivity index (χ1n) is 7.69. The van der Waals surface area contributed by atoms with E-state index < -0.39 is 0 Å². The van der Waals surface area contributed by atoms with Crippen molar-refractivity contribution in [1.82, 2.24) is 4.90 Å². The van der Waals surface area contributed by atoms with E-state index in [4.69, 9.17) is 9.47 Å². The highest BCUT2D eigenvalue weighted by atomic mass is 16.5. The van der Waals surface area contributed by atoms with Crippen LogP contribution in [0.2, 0.25) is 0 Å². The molecule has 22 heavy (non-hydrogen) atoms. The summed E-state index contributed by atoms with van der Waals surface area (Å²) in [6.45, 7) is 0.890. The molecule has 0 saturated heterocycles. The highest BCUT2D eigenvalue weighted by molar-refractivity contribution is 5.41. The summed E-state index contributed by atoms with van der Waals surface area (Å²) in [4.78, 5) is 2.42. The fourth-order valence-electron chi connectivity index (χ4n) is 3.10. The smallest absolute Gasteiger partial charge is 0.127 e. The van der Waals surface area contributed by atoms with Crippen molar-refractivity contribution in [2.24, 2.45) is 0 Å². The lowest BCUT2D eigenvalue weighted by Gasteiger charge is -2.19. The molecule has 0 unspecified atom stereocenters. The van der Waals surface area contributed by atoms with E-state index in [1.807, 2.05) is 12.1 Å². The topological polar surface area (TPSA) is 21.7 Å². The molecule has 3 heteroatoms. The Balaban J connectivity index is 1.67. The summed E-state index contributed by atoms with van der Waals surface area (Å²) in [5.41, 5.74) is 2.64. The monoisotopic (exact) mass is 297 g/mol. The molecule has 2 atom stereocenters. The molecule has 2 aromatic carbocycles. The lowest BCUT2D eigenvalue weighted by atomic mass is 10.1. The maximum absolute atomic E-state index is 5.49. The van der Waals surface area contributed by atoms with Crippen LogP contribution in [0.4, 0.5) is 0 Å². The summed E-state index contributed by atoms with van der Waals surface area (Å²) < 4.78 is 10.8. The maximum atomic E-state index is 5.49. The molecule has 0 spiro atoms. The fourth-order valence-corrected chi connectivity index (χ4v) is 3.10. The van der Waals surface area contributed by atoms with Gasteiger partial charge >= 0.3 is 0 Å². The van der Waals surface area contributed by atoms with Gasteiger partial charge < -0.3 is 9.47 Å². The van der Waals surface area contributed by atoms with E-state index >= 15 is 0 Å². The number of hydrogen-bond donors (Lipinski definition) is 0. The predicted molar refractivity (Wildman–Crippen MR) is 88.6 cm³/mol. The average molecular weight is 297 g/mol. The van der Waals surface area contributed by atoms with E-state index in [-0.39, 0.29) is 0 Å². The second-order valence-electron chi connectivity index (χ2n) is 5.91. The van der Waals surface area contributed by atoms with Crippen molar-refractivity contribution in [3.05, 3.63) is 59.7 Å². The van der Waals surface area contributed by atoms with Crippen LogP contribution in [0.5, 0.6) is 11.5 Å². The zero-order valence-electron chi connectivity index (χ0n) is 13.5. The van der Waals surface area contributed by atoms with Crippen LogP contribution >= 0.6 is 0 Å². The van der Waals surface area contributed by atoms with Crippen LogP contribution in [0, 0.1) is 0 Å². The van der Waals surface area contributed by atoms with E-state index in [0.717, 1.165) is 18.0 Å². The van der Waals surface area contributed by atoms with Gasteiger partial charge in [-0.2, -0.15) is 0 Å².